The molecular weight excluding hydrogens is 392 g/mol. The monoisotopic (exact) mass is 408 g/mol. The van der Waals surface area contributed by atoms with Gasteiger partial charge in [-0.2, -0.15) is 0 Å². The molecule has 3 rings (SSSR count). The Morgan fingerprint density at radius 1 is 0.905 bits per heavy atom. The summed E-state index contributed by atoms with van der Waals surface area (Å²) < 4.78 is 2.30. The lowest BCUT2D eigenvalue weighted by Crippen LogP contribution is -2.45. The van der Waals surface area contributed by atoms with E-state index in [0.717, 1.165) is 30.7 Å². The fourth-order valence-corrected chi connectivity index (χ4v) is 3.64. The number of hydrogen-bond donors (Lipinski definition) is 1. The highest BCUT2D eigenvalue weighted by molar-refractivity contribution is 9.10. The summed E-state index contributed by atoms with van der Waals surface area (Å²) in [5.41, 5.74) is 2.67. The van der Waals surface area contributed by atoms with E-state index in [-0.39, 0.29) is 0 Å². The molecule has 1 unspecified atom stereocenters. The molecule has 2 aromatic rings. The summed E-state index contributed by atoms with van der Waals surface area (Å²) >= 11 is 7.25. The summed E-state index contributed by atoms with van der Waals surface area (Å²) in [6, 6.07) is 17.5. The van der Waals surface area contributed by atoms with Gasteiger partial charge in [0.1, 0.15) is 0 Å². The number of hydrogen-bond acceptors (Lipinski definition) is 2. The van der Waals surface area contributed by atoms with Crippen LogP contribution in [0, 0.1) is 0 Å². The molecule has 1 aliphatic heterocycles. The first-order valence-electron chi connectivity index (χ1n) is 7.20. The van der Waals surface area contributed by atoms with Gasteiger partial charge in [-0.05, 0) is 29.3 Å². The van der Waals surface area contributed by atoms with E-state index >= 15 is 0 Å². The van der Waals surface area contributed by atoms with E-state index in [2.05, 4.69) is 90.6 Å². The summed E-state index contributed by atoms with van der Waals surface area (Å²) in [7, 11) is 0. The van der Waals surface area contributed by atoms with Crippen LogP contribution in [0.4, 0.5) is 0 Å². The minimum Gasteiger partial charge on any atom is -0.314 e. The van der Waals surface area contributed by atoms with Crippen molar-refractivity contribution in [2.24, 2.45) is 0 Å². The third-order valence-electron chi connectivity index (χ3n) is 3.90. The molecule has 4 heteroatoms. The third-order valence-corrected chi connectivity index (χ3v) is 5.15. The van der Waals surface area contributed by atoms with Crippen LogP contribution in [0.15, 0.2) is 57.5 Å². The van der Waals surface area contributed by atoms with Crippen LogP contribution in [0.5, 0.6) is 0 Å². The van der Waals surface area contributed by atoms with Gasteiger partial charge in [0.15, 0.2) is 0 Å². The van der Waals surface area contributed by atoms with E-state index in [1.807, 2.05) is 0 Å². The zero-order valence-electron chi connectivity index (χ0n) is 11.7. The summed E-state index contributed by atoms with van der Waals surface area (Å²) in [6.07, 6.45) is 0. The lowest BCUT2D eigenvalue weighted by Gasteiger charge is -2.36. The second-order valence-corrected chi connectivity index (χ2v) is 7.03. The van der Waals surface area contributed by atoms with Gasteiger partial charge < -0.3 is 5.32 Å². The van der Waals surface area contributed by atoms with Crippen LogP contribution >= 0.6 is 31.9 Å². The molecule has 0 spiro atoms. The van der Waals surface area contributed by atoms with Crippen molar-refractivity contribution in [2.75, 3.05) is 26.2 Å². The van der Waals surface area contributed by atoms with Gasteiger partial charge in [0.2, 0.25) is 0 Å². The summed E-state index contributed by atoms with van der Waals surface area (Å²) in [6.45, 7) is 4.25. The Hall–Kier alpha value is -0.680. The van der Waals surface area contributed by atoms with E-state index in [1.54, 1.807) is 0 Å². The maximum absolute atomic E-state index is 3.72. The molecule has 0 amide bonds. The van der Waals surface area contributed by atoms with Gasteiger partial charge in [-0.25, -0.2) is 0 Å². The van der Waals surface area contributed by atoms with Crippen molar-refractivity contribution in [2.45, 2.75) is 6.04 Å². The number of halogens is 2. The van der Waals surface area contributed by atoms with Crippen LogP contribution in [-0.2, 0) is 0 Å². The molecule has 0 aromatic heterocycles. The van der Waals surface area contributed by atoms with Gasteiger partial charge >= 0.3 is 0 Å². The van der Waals surface area contributed by atoms with Crippen molar-refractivity contribution in [3.63, 3.8) is 0 Å². The standard InChI is InChI=1S/C17H18Br2N2/c18-14-7-5-13(6-8-14)17(21-11-9-20-10-12-21)15-3-1-2-4-16(15)19/h1-8,17,20H,9-12H2. The Balaban J connectivity index is 2.01. The second-order valence-electron chi connectivity index (χ2n) is 5.26. The Morgan fingerprint density at radius 3 is 2.24 bits per heavy atom. The average molecular weight is 410 g/mol. The first kappa shape index (κ1) is 15.2. The highest BCUT2D eigenvalue weighted by Gasteiger charge is 2.25. The minimum atomic E-state index is 0.302. The smallest absolute Gasteiger partial charge is 0.0613 e. The Morgan fingerprint density at radius 2 is 1.57 bits per heavy atom. The molecule has 0 saturated carbocycles. The first-order valence-corrected chi connectivity index (χ1v) is 8.79. The lowest BCUT2D eigenvalue weighted by atomic mass is 9.96. The van der Waals surface area contributed by atoms with Gasteiger partial charge in [0, 0.05) is 35.1 Å². The largest absolute Gasteiger partial charge is 0.314 e. The van der Waals surface area contributed by atoms with Crippen LogP contribution in [0.25, 0.3) is 0 Å². The minimum absolute atomic E-state index is 0.302. The van der Waals surface area contributed by atoms with Crippen molar-refractivity contribution in [3.05, 3.63) is 68.6 Å². The molecule has 0 radical (unpaired) electrons. The van der Waals surface area contributed by atoms with E-state index < -0.39 is 0 Å². The maximum Gasteiger partial charge on any atom is 0.0613 e. The van der Waals surface area contributed by atoms with E-state index in [9.17, 15) is 0 Å². The molecule has 2 aromatic carbocycles. The van der Waals surface area contributed by atoms with Gasteiger partial charge in [-0.15, -0.1) is 0 Å². The number of nitrogens with one attached hydrogen (secondary N) is 1. The number of piperazine rings is 1. The van der Waals surface area contributed by atoms with Crippen LogP contribution < -0.4 is 5.32 Å². The average Bonchev–Trinajstić information content (AvgIpc) is 2.52. The highest BCUT2D eigenvalue weighted by Crippen LogP contribution is 2.34. The summed E-state index contributed by atoms with van der Waals surface area (Å²) in [5, 5.41) is 3.44. The number of benzene rings is 2. The zero-order valence-corrected chi connectivity index (χ0v) is 14.9. The second kappa shape index (κ2) is 7.05. The fourth-order valence-electron chi connectivity index (χ4n) is 2.87. The van der Waals surface area contributed by atoms with Crippen LogP contribution in [-0.4, -0.2) is 31.1 Å². The topological polar surface area (TPSA) is 15.3 Å². The number of rotatable bonds is 3. The third kappa shape index (κ3) is 3.57. The fraction of sp³-hybridized carbons (Fsp3) is 0.294. The van der Waals surface area contributed by atoms with Gasteiger partial charge in [-0.3, -0.25) is 4.90 Å². The van der Waals surface area contributed by atoms with Crippen molar-refractivity contribution in [1.82, 2.24) is 10.2 Å². The predicted molar refractivity (Wildman–Crippen MR) is 94.6 cm³/mol. The normalized spacial score (nSPS) is 17.6. The van der Waals surface area contributed by atoms with Gasteiger partial charge in [0.05, 0.1) is 6.04 Å². The molecule has 2 nitrogen and oxygen atoms in total. The Bertz CT molecular complexity index is 592. The van der Waals surface area contributed by atoms with E-state index in [4.69, 9.17) is 0 Å². The molecule has 21 heavy (non-hydrogen) atoms. The predicted octanol–water partition coefficient (Wildman–Crippen LogP) is 4.21. The van der Waals surface area contributed by atoms with E-state index in [1.165, 1.54) is 15.6 Å². The zero-order chi connectivity index (χ0) is 14.7. The van der Waals surface area contributed by atoms with Crippen LogP contribution in [0.1, 0.15) is 17.2 Å². The van der Waals surface area contributed by atoms with Crippen molar-refractivity contribution >= 4 is 31.9 Å². The van der Waals surface area contributed by atoms with Crippen molar-refractivity contribution in [1.29, 1.82) is 0 Å². The molecule has 1 heterocycles. The van der Waals surface area contributed by atoms with Crippen molar-refractivity contribution < 1.29 is 0 Å². The summed E-state index contributed by atoms with van der Waals surface area (Å²) in [4.78, 5) is 2.56. The molecule has 1 N–H and O–H groups in total. The molecule has 1 atom stereocenters. The quantitative estimate of drug-likeness (QED) is 0.816. The SMILES string of the molecule is Brc1ccc(C(c2ccccc2Br)N2CCNCC2)cc1. The summed E-state index contributed by atoms with van der Waals surface area (Å²) in [5.74, 6) is 0. The molecule has 1 aliphatic rings. The molecule has 0 aliphatic carbocycles. The first-order chi connectivity index (χ1) is 10.3. The van der Waals surface area contributed by atoms with Crippen LogP contribution in [0.3, 0.4) is 0 Å². The Labute approximate surface area is 142 Å². The highest BCUT2D eigenvalue weighted by atomic mass is 79.9. The Kier molecular flexibility index (Phi) is 5.11. The lowest BCUT2D eigenvalue weighted by molar-refractivity contribution is 0.198. The molecule has 0 bridgehead atoms. The molecule has 110 valence electrons. The van der Waals surface area contributed by atoms with Crippen molar-refractivity contribution in [3.8, 4) is 0 Å². The molecular formula is C17H18Br2N2. The van der Waals surface area contributed by atoms with E-state index in [0.29, 0.717) is 6.04 Å². The number of nitrogens with zero attached hydrogens (tertiary/aromatic N) is 1. The van der Waals surface area contributed by atoms with Gasteiger partial charge in [-0.1, -0.05) is 62.2 Å². The molecule has 1 saturated heterocycles. The molecule has 1 fully saturated rings. The maximum atomic E-state index is 3.72. The van der Waals surface area contributed by atoms with Crippen LogP contribution in [0.2, 0.25) is 0 Å². The van der Waals surface area contributed by atoms with Gasteiger partial charge in [0.25, 0.3) is 0 Å².